The molecule has 2 rings (SSSR count). The highest BCUT2D eigenvalue weighted by Gasteiger charge is 2.36. The lowest BCUT2D eigenvalue weighted by Crippen LogP contribution is -2.31. The molecule has 0 fully saturated rings. The van der Waals surface area contributed by atoms with Crippen molar-refractivity contribution in [1.82, 2.24) is 0 Å². The van der Waals surface area contributed by atoms with E-state index < -0.39 is 6.10 Å². The lowest BCUT2D eigenvalue weighted by atomic mass is 9.97. The summed E-state index contributed by atoms with van der Waals surface area (Å²) in [6.07, 6.45) is -0.395. The minimum Gasteiger partial charge on any atom is -0.386 e. The van der Waals surface area contributed by atoms with Crippen molar-refractivity contribution < 1.29 is 5.11 Å². The Hall–Kier alpha value is -1.02. The van der Waals surface area contributed by atoms with Crippen molar-refractivity contribution in [3.8, 4) is 0 Å². The number of nitrogens with one attached hydrogen (secondary N) is 1. The molecule has 0 aliphatic carbocycles. The van der Waals surface area contributed by atoms with E-state index in [4.69, 9.17) is 0 Å². The number of anilines is 1. The van der Waals surface area contributed by atoms with Gasteiger partial charge in [0.2, 0.25) is 0 Å². The number of fused-ring (bicyclic) bond motifs is 1. The van der Waals surface area contributed by atoms with E-state index >= 15 is 0 Å². The van der Waals surface area contributed by atoms with Gasteiger partial charge < -0.3 is 10.4 Å². The third-order valence-corrected chi connectivity index (χ3v) is 2.40. The molecule has 1 unspecified atom stereocenters. The van der Waals surface area contributed by atoms with Crippen LogP contribution in [0.3, 0.4) is 0 Å². The fourth-order valence-corrected chi connectivity index (χ4v) is 1.65. The molecule has 0 spiro atoms. The van der Waals surface area contributed by atoms with E-state index in [0.717, 1.165) is 11.3 Å². The van der Waals surface area contributed by atoms with Crippen molar-refractivity contribution >= 4 is 5.69 Å². The summed E-state index contributed by atoms with van der Waals surface area (Å²) < 4.78 is 0. The van der Waals surface area contributed by atoms with E-state index in [-0.39, 0.29) is 5.54 Å². The van der Waals surface area contributed by atoms with Crippen LogP contribution in [0.2, 0.25) is 0 Å². The summed E-state index contributed by atoms with van der Waals surface area (Å²) in [5.74, 6) is 0. The third kappa shape index (κ3) is 0.916. The molecule has 2 N–H and O–H groups in total. The van der Waals surface area contributed by atoms with Gasteiger partial charge >= 0.3 is 0 Å². The van der Waals surface area contributed by atoms with Gasteiger partial charge in [-0.15, -0.1) is 0 Å². The van der Waals surface area contributed by atoms with Crippen molar-refractivity contribution in [3.63, 3.8) is 0 Å². The Bertz CT molecular complexity index is 306. The molecule has 0 amide bonds. The maximum Gasteiger partial charge on any atom is 0.103 e. The predicted octanol–water partition coefficient (Wildman–Crippen LogP) is 1.92. The fraction of sp³-hybridized carbons (Fsp3) is 0.400. The number of aliphatic hydroxyl groups is 1. The Morgan fingerprint density at radius 1 is 1.33 bits per heavy atom. The van der Waals surface area contributed by atoms with Gasteiger partial charge in [0, 0.05) is 11.3 Å². The van der Waals surface area contributed by atoms with Crippen LogP contribution in [0.1, 0.15) is 25.5 Å². The Labute approximate surface area is 72.2 Å². The third-order valence-electron chi connectivity index (χ3n) is 2.40. The summed E-state index contributed by atoms with van der Waals surface area (Å²) in [7, 11) is 0. The van der Waals surface area contributed by atoms with Crippen LogP contribution < -0.4 is 5.32 Å². The van der Waals surface area contributed by atoms with Crippen LogP contribution >= 0.6 is 0 Å². The van der Waals surface area contributed by atoms with Crippen LogP contribution in [-0.2, 0) is 0 Å². The quantitative estimate of drug-likeness (QED) is 0.612. The van der Waals surface area contributed by atoms with Gasteiger partial charge in [-0.1, -0.05) is 18.2 Å². The number of aliphatic hydroxyl groups excluding tert-OH is 1. The number of para-hydroxylation sites is 1. The van der Waals surface area contributed by atoms with E-state index in [0.29, 0.717) is 0 Å². The topological polar surface area (TPSA) is 32.3 Å². The summed E-state index contributed by atoms with van der Waals surface area (Å²) >= 11 is 0. The Balaban J connectivity index is 2.49. The number of hydrogen-bond acceptors (Lipinski definition) is 2. The lowest BCUT2D eigenvalue weighted by Gasteiger charge is -2.23. The van der Waals surface area contributed by atoms with Gasteiger partial charge in [0.05, 0.1) is 5.54 Å². The molecule has 0 bridgehead atoms. The molecule has 1 atom stereocenters. The molecule has 0 saturated heterocycles. The van der Waals surface area contributed by atoms with E-state index in [1.165, 1.54) is 0 Å². The smallest absolute Gasteiger partial charge is 0.103 e. The zero-order valence-electron chi connectivity index (χ0n) is 7.33. The van der Waals surface area contributed by atoms with Gasteiger partial charge in [0.25, 0.3) is 0 Å². The van der Waals surface area contributed by atoms with Crippen LogP contribution in [0, 0.1) is 0 Å². The first-order valence-corrected chi connectivity index (χ1v) is 4.16. The first-order valence-electron chi connectivity index (χ1n) is 4.16. The molecule has 0 radical (unpaired) electrons. The molecule has 1 heterocycles. The molecular formula is C10H13NO. The van der Waals surface area contributed by atoms with E-state index in [2.05, 4.69) is 5.32 Å². The van der Waals surface area contributed by atoms with Crippen molar-refractivity contribution in [2.24, 2.45) is 0 Å². The largest absolute Gasteiger partial charge is 0.386 e. The standard InChI is InChI=1S/C10H13NO/c1-10(2)9(12)7-5-3-4-6-8(7)11-10/h3-6,9,11-12H,1-2H3. The number of benzene rings is 1. The average Bonchev–Trinajstić information content (AvgIpc) is 2.24. The zero-order valence-corrected chi connectivity index (χ0v) is 7.33. The summed E-state index contributed by atoms with van der Waals surface area (Å²) in [6.45, 7) is 4.00. The van der Waals surface area contributed by atoms with Gasteiger partial charge in [-0.2, -0.15) is 0 Å². The second-order valence-corrected chi connectivity index (χ2v) is 3.84. The SMILES string of the molecule is CC1(C)Nc2ccccc2C1O. The highest BCUT2D eigenvalue weighted by atomic mass is 16.3. The Morgan fingerprint density at radius 3 is 2.67 bits per heavy atom. The second kappa shape index (κ2) is 2.23. The highest BCUT2D eigenvalue weighted by molar-refractivity contribution is 5.59. The minimum atomic E-state index is -0.395. The molecule has 1 aliphatic rings. The van der Waals surface area contributed by atoms with E-state index in [9.17, 15) is 5.11 Å². The zero-order chi connectivity index (χ0) is 8.77. The van der Waals surface area contributed by atoms with Crippen molar-refractivity contribution in [3.05, 3.63) is 29.8 Å². The first-order chi connectivity index (χ1) is 5.61. The molecule has 64 valence electrons. The fourth-order valence-electron chi connectivity index (χ4n) is 1.65. The van der Waals surface area contributed by atoms with Gasteiger partial charge in [-0.25, -0.2) is 0 Å². The van der Waals surface area contributed by atoms with Gasteiger partial charge in [0.15, 0.2) is 0 Å². The number of rotatable bonds is 0. The predicted molar refractivity (Wildman–Crippen MR) is 49.1 cm³/mol. The number of hydrogen-bond donors (Lipinski definition) is 2. The molecular weight excluding hydrogens is 150 g/mol. The van der Waals surface area contributed by atoms with Crippen molar-refractivity contribution in [2.75, 3.05) is 5.32 Å². The molecule has 0 aromatic heterocycles. The first kappa shape index (κ1) is 7.62. The van der Waals surface area contributed by atoms with Crippen LogP contribution in [0.5, 0.6) is 0 Å². The molecule has 1 aromatic carbocycles. The molecule has 1 aliphatic heterocycles. The Morgan fingerprint density at radius 2 is 2.00 bits per heavy atom. The average molecular weight is 163 g/mol. The second-order valence-electron chi connectivity index (χ2n) is 3.84. The lowest BCUT2D eigenvalue weighted by molar-refractivity contribution is 0.127. The van der Waals surface area contributed by atoms with Crippen LogP contribution in [0.15, 0.2) is 24.3 Å². The summed E-state index contributed by atoms with van der Waals surface area (Å²) in [5, 5.41) is 13.1. The Kier molecular flexibility index (Phi) is 1.42. The summed E-state index contributed by atoms with van der Waals surface area (Å²) in [6, 6.07) is 7.88. The summed E-state index contributed by atoms with van der Waals surface area (Å²) in [4.78, 5) is 0. The van der Waals surface area contributed by atoms with Crippen molar-refractivity contribution in [1.29, 1.82) is 0 Å². The van der Waals surface area contributed by atoms with E-state index in [1.54, 1.807) is 0 Å². The van der Waals surface area contributed by atoms with Crippen LogP contribution in [0.4, 0.5) is 5.69 Å². The maximum atomic E-state index is 9.85. The van der Waals surface area contributed by atoms with Gasteiger partial charge in [-0.3, -0.25) is 0 Å². The maximum absolute atomic E-state index is 9.85. The molecule has 12 heavy (non-hydrogen) atoms. The molecule has 2 heteroatoms. The monoisotopic (exact) mass is 163 g/mol. The minimum absolute atomic E-state index is 0.232. The molecule has 0 saturated carbocycles. The van der Waals surface area contributed by atoms with Crippen LogP contribution in [-0.4, -0.2) is 10.6 Å². The van der Waals surface area contributed by atoms with Gasteiger partial charge in [0.1, 0.15) is 6.10 Å². The molecule has 1 aromatic rings. The molecule has 2 nitrogen and oxygen atoms in total. The van der Waals surface area contributed by atoms with Crippen molar-refractivity contribution in [2.45, 2.75) is 25.5 Å². The van der Waals surface area contributed by atoms with Gasteiger partial charge in [-0.05, 0) is 19.9 Å². The van der Waals surface area contributed by atoms with Crippen LogP contribution in [0.25, 0.3) is 0 Å². The van der Waals surface area contributed by atoms with E-state index in [1.807, 2.05) is 38.1 Å². The normalized spacial score (nSPS) is 24.8. The summed E-state index contributed by atoms with van der Waals surface area (Å²) in [5.41, 5.74) is 1.82. The highest BCUT2D eigenvalue weighted by Crippen LogP contribution is 2.39.